The first kappa shape index (κ1) is 29.9. The summed E-state index contributed by atoms with van der Waals surface area (Å²) in [4.78, 5) is 56.7. The molecule has 10 heteroatoms. The maximum Gasteiger partial charge on any atom is 0.426 e. The van der Waals surface area contributed by atoms with E-state index in [2.05, 4.69) is 4.98 Å². The van der Waals surface area contributed by atoms with E-state index in [-0.39, 0.29) is 19.4 Å². The summed E-state index contributed by atoms with van der Waals surface area (Å²) in [6.45, 7) is 15.3. The highest BCUT2D eigenvalue weighted by atomic mass is 16.6. The van der Waals surface area contributed by atoms with Gasteiger partial charge in [0.1, 0.15) is 22.6 Å². The van der Waals surface area contributed by atoms with Gasteiger partial charge in [0, 0.05) is 19.2 Å². The van der Waals surface area contributed by atoms with Crippen molar-refractivity contribution in [3.8, 4) is 0 Å². The van der Waals surface area contributed by atoms with Gasteiger partial charge in [-0.3, -0.25) is 9.69 Å². The summed E-state index contributed by atoms with van der Waals surface area (Å²) in [6, 6.07) is 5.17. The number of hydrogen-bond donors (Lipinski definition) is 0. The van der Waals surface area contributed by atoms with Gasteiger partial charge in [-0.2, -0.15) is 0 Å². The smallest absolute Gasteiger partial charge is 0.426 e. The maximum absolute atomic E-state index is 12.8. The summed E-state index contributed by atoms with van der Waals surface area (Å²) in [5.41, 5.74) is -2.51. The minimum absolute atomic E-state index is 0.136. The number of ether oxygens (including phenoxy) is 3. The third-order valence-electron chi connectivity index (χ3n) is 3.96. The molecule has 0 radical (unpaired) electrons. The molecule has 1 rings (SSSR count). The van der Waals surface area contributed by atoms with Crippen molar-refractivity contribution in [1.82, 2.24) is 9.88 Å². The molecule has 0 aliphatic carbocycles. The fraction of sp³-hybridized carbons (Fsp3) is 0.640. The molecule has 0 fully saturated rings. The molecule has 10 nitrogen and oxygen atoms in total. The summed E-state index contributed by atoms with van der Waals surface area (Å²) in [5, 5.41) is 0. The molecule has 0 aliphatic rings. The van der Waals surface area contributed by atoms with Gasteiger partial charge in [-0.1, -0.05) is 6.07 Å². The average Bonchev–Trinajstić information content (AvgIpc) is 2.64. The molecule has 0 N–H and O–H groups in total. The number of nitrogens with zero attached hydrogens (tertiary/aromatic N) is 3. The van der Waals surface area contributed by atoms with Crippen LogP contribution in [0.25, 0.3) is 0 Å². The van der Waals surface area contributed by atoms with Crippen LogP contribution in [0.2, 0.25) is 0 Å². The Bertz CT molecular complexity index is 853. The summed E-state index contributed by atoms with van der Waals surface area (Å²) >= 11 is 0. The number of amides is 4. The lowest BCUT2D eigenvalue weighted by Gasteiger charge is -2.28. The van der Waals surface area contributed by atoms with Gasteiger partial charge in [0.15, 0.2) is 0 Å². The number of hydrogen-bond acceptors (Lipinski definition) is 8. The van der Waals surface area contributed by atoms with Crippen LogP contribution in [-0.2, 0) is 19.0 Å². The van der Waals surface area contributed by atoms with Crippen molar-refractivity contribution < 1.29 is 33.4 Å². The lowest BCUT2D eigenvalue weighted by atomic mass is 10.2. The van der Waals surface area contributed by atoms with E-state index in [1.54, 1.807) is 86.7 Å². The van der Waals surface area contributed by atoms with Crippen molar-refractivity contribution in [3.63, 3.8) is 0 Å². The van der Waals surface area contributed by atoms with Gasteiger partial charge in [-0.15, -0.1) is 4.90 Å². The van der Waals surface area contributed by atoms with Gasteiger partial charge in [0.2, 0.25) is 5.91 Å². The van der Waals surface area contributed by atoms with Crippen LogP contribution in [0.3, 0.4) is 0 Å². The van der Waals surface area contributed by atoms with Crippen molar-refractivity contribution in [1.29, 1.82) is 0 Å². The summed E-state index contributed by atoms with van der Waals surface area (Å²) < 4.78 is 15.9. The minimum atomic E-state index is -1.10. The molecule has 0 spiro atoms. The first-order chi connectivity index (χ1) is 15.9. The lowest BCUT2D eigenvalue weighted by Crippen LogP contribution is -2.46. The molecule has 0 aliphatic heterocycles. The number of rotatable bonds is 6. The summed E-state index contributed by atoms with van der Waals surface area (Å²) in [6.07, 6.45) is -0.656. The highest BCUT2D eigenvalue weighted by Gasteiger charge is 2.36. The quantitative estimate of drug-likeness (QED) is 0.366. The van der Waals surface area contributed by atoms with Gasteiger partial charge in [-0.05, 0) is 87.3 Å². The number of anilines is 1. The molecule has 4 amide bonds. The molecule has 0 unspecified atom stereocenters. The highest BCUT2D eigenvalue weighted by molar-refractivity contribution is 6.06. The van der Waals surface area contributed by atoms with Gasteiger partial charge in [0.05, 0.1) is 0 Å². The zero-order valence-corrected chi connectivity index (χ0v) is 22.3. The fourth-order valence-electron chi connectivity index (χ4n) is 2.68. The average molecular weight is 494 g/mol. The van der Waals surface area contributed by atoms with E-state index in [4.69, 9.17) is 14.2 Å². The zero-order valence-electron chi connectivity index (χ0n) is 22.3. The van der Waals surface area contributed by atoms with Crippen molar-refractivity contribution in [3.05, 3.63) is 24.4 Å². The van der Waals surface area contributed by atoms with Gasteiger partial charge < -0.3 is 14.2 Å². The van der Waals surface area contributed by atoms with E-state index < -0.39 is 41.0 Å². The second-order valence-corrected chi connectivity index (χ2v) is 11.0. The standard InChI is InChI=1S/C25H39N3O7/c1-23(2,3)33-20(30)27(18-14-10-12-16-26-18)17-13-11-15-19(29)28(21(31)34-24(4,5)6)22(32)35-25(7,8)9/h10,12,14,16H,11,13,15,17H2,1-9H3. The SMILES string of the molecule is CC(C)(C)OC(=O)N(C(=O)CCCCN(C(=O)OC(C)(C)C)c1ccccn1)C(=O)OC(C)(C)C. The van der Waals surface area contributed by atoms with Crippen LogP contribution < -0.4 is 4.90 Å². The number of carbonyl (C=O) groups excluding carboxylic acids is 4. The van der Waals surface area contributed by atoms with Crippen LogP contribution in [0.1, 0.15) is 81.6 Å². The van der Waals surface area contributed by atoms with Crippen molar-refractivity contribution in [2.75, 3.05) is 11.4 Å². The molecular formula is C25H39N3O7. The number of unbranched alkanes of at least 4 members (excludes halogenated alkanes) is 1. The van der Waals surface area contributed by atoms with E-state index in [0.717, 1.165) is 0 Å². The Kier molecular flexibility index (Phi) is 10.2. The Morgan fingerprint density at radius 3 is 1.66 bits per heavy atom. The molecular weight excluding hydrogens is 454 g/mol. The Hall–Kier alpha value is -3.17. The Balaban J connectivity index is 2.88. The van der Waals surface area contributed by atoms with Crippen molar-refractivity contribution in [2.45, 2.75) is 98.4 Å². The van der Waals surface area contributed by atoms with Gasteiger partial charge >= 0.3 is 18.3 Å². The van der Waals surface area contributed by atoms with Crippen LogP contribution in [0.5, 0.6) is 0 Å². The fourth-order valence-corrected chi connectivity index (χ4v) is 2.68. The van der Waals surface area contributed by atoms with Crippen LogP contribution in [0.15, 0.2) is 24.4 Å². The van der Waals surface area contributed by atoms with Crippen LogP contribution in [0.4, 0.5) is 20.2 Å². The first-order valence-electron chi connectivity index (χ1n) is 11.6. The molecule has 0 aromatic carbocycles. The van der Waals surface area contributed by atoms with Crippen molar-refractivity contribution in [2.24, 2.45) is 0 Å². The van der Waals surface area contributed by atoms with Crippen LogP contribution >= 0.6 is 0 Å². The number of aromatic nitrogens is 1. The molecule has 1 heterocycles. The van der Waals surface area contributed by atoms with E-state index in [1.807, 2.05) is 0 Å². The predicted octanol–water partition coefficient (Wildman–Crippen LogP) is 5.69. The van der Waals surface area contributed by atoms with Crippen LogP contribution in [0, 0.1) is 0 Å². The Morgan fingerprint density at radius 1 is 0.743 bits per heavy atom. The van der Waals surface area contributed by atoms with E-state index >= 15 is 0 Å². The molecule has 1 aromatic rings. The first-order valence-corrected chi connectivity index (χ1v) is 11.6. The molecule has 35 heavy (non-hydrogen) atoms. The maximum atomic E-state index is 12.8. The molecule has 0 atom stereocenters. The summed E-state index contributed by atoms with van der Waals surface area (Å²) in [5.74, 6) is -0.340. The van der Waals surface area contributed by atoms with E-state index in [1.165, 1.54) is 4.90 Å². The topological polar surface area (TPSA) is 115 Å². The molecule has 0 bridgehead atoms. The zero-order chi connectivity index (χ0) is 27.0. The van der Waals surface area contributed by atoms with Crippen LogP contribution in [-0.4, -0.2) is 57.4 Å². The lowest BCUT2D eigenvalue weighted by molar-refractivity contribution is -0.129. The molecule has 1 aromatic heterocycles. The van der Waals surface area contributed by atoms with Gasteiger partial charge in [0.25, 0.3) is 0 Å². The molecule has 0 saturated carbocycles. The van der Waals surface area contributed by atoms with E-state index in [9.17, 15) is 19.2 Å². The third-order valence-corrected chi connectivity index (χ3v) is 3.96. The minimum Gasteiger partial charge on any atom is -0.443 e. The second kappa shape index (κ2) is 12.0. The Labute approximate surface area is 207 Å². The number of pyridine rings is 1. The monoisotopic (exact) mass is 493 g/mol. The Morgan fingerprint density at radius 2 is 1.23 bits per heavy atom. The normalized spacial score (nSPS) is 11.9. The largest absolute Gasteiger partial charge is 0.443 e. The van der Waals surface area contributed by atoms with Gasteiger partial charge in [-0.25, -0.2) is 19.4 Å². The van der Waals surface area contributed by atoms with E-state index in [0.29, 0.717) is 17.1 Å². The third kappa shape index (κ3) is 11.7. The second-order valence-electron chi connectivity index (χ2n) is 11.0. The number of carbonyl (C=O) groups is 4. The predicted molar refractivity (Wildman–Crippen MR) is 131 cm³/mol. The molecule has 0 saturated heterocycles. The highest BCUT2D eigenvalue weighted by Crippen LogP contribution is 2.19. The summed E-state index contributed by atoms with van der Waals surface area (Å²) in [7, 11) is 0. The molecule has 196 valence electrons. The number of imide groups is 3. The van der Waals surface area contributed by atoms with Crippen molar-refractivity contribution >= 4 is 30.0 Å².